The number of carbonyl (C=O) groups excluding carboxylic acids is 2. The molecule has 0 radical (unpaired) electrons. The van der Waals surface area contributed by atoms with Crippen molar-refractivity contribution in [2.45, 2.75) is 12.8 Å². The molecule has 24 heavy (non-hydrogen) atoms. The molecule has 7 nitrogen and oxygen atoms in total. The summed E-state index contributed by atoms with van der Waals surface area (Å²) in [6.45, 7) is 0.356. The standard InChI is InChI=1S/C16H18N2O5S/c1-23-16(20)13-8-12(9-14(10-13)18(21)22)15(19)17-5-2-11-3-6-24-7-4-11/h2,8-10H,3-7H2,1H3,(H,17,19). The second-order valence-electron chi connectivity index (χ2n) is 5.20. The molecular formula is C16H18N2O5S. The molecule has 128 valence electrons. The minimum Gasteiger partial charge on any atom is -0.465 e. The highest BCUT2D eigenvalue weighted by atomic mass is 32.2. The van der Waals surface area contributed by atoms with Crippen molar-refractivity contribution in [3.63, 3.8) is 0 Å². The van der Waals surface area contributed by atoms with Gasteiger partial charge in [-0.2, -0.15) is 11.8 Å². The number of esters is 1. The van der Waals surface area contributed by atoms with Gasteiger partial charge in [-0.1, -0.05) is 11.6 Å². The van der Waals surface area contributed by atoms with E-state index in [2.05, 4.69) is 10.1 Å². The molecule has 2 rings (SSSR count). The van der Waals surface area contributed by atoms with Gasteiger partial charge in [0.15, 0.2) is 0 Å². The molecule has 1 aromatic rings. The van der Waals surface area contributed by atoms with Gasteiger partial charge in [0.05, 0.1) is 17.6 Å². The fourth-order valence-corrected chi connectivity index (χ4v) is 3.33. The molecule has 0 bridgehead atoms. The molecule has 0 atom stereocenters. The molecule has 1 fully saturated rings. The Morgan fingerprint density at radius 3 is 2.58 bits per heavy atom. The number of hydrogen-bond acceptors (Lipinski definition) is 6. The molecule has 1 saturated heterocycles. The van der Waals surface area contributed by atoms with E-state index in [1.54, 1.807) is 0 Å². The zero-order valence-corrected chi connectivity index (χ0v) is 14.1. The van der Waals surface area contributed by atoms with E-state index < -0.39 is 16.8 Å². The molecule has 1 aliphatic rings. The third-order valence-electron chi connectivity index (χ3n) is 3.60. The smallest absolute Gasteiger partial charge is 0.338 e. The van der Waals surface area contributed by atoms with Crippen LogP contribution in [0.15, 0.2) is 29.8 Å². The molecule has 0 unspecified atom stereocenters. The van der Waals surface area contributed by atoms with Crippen LogP contribution in [0.1, 0.15) is 33.6 Å². The highest BCUT2D eigenvalue weighted by Crippen LogP contribution is 2.21. The van der Waals surface area contributed by atoms with E-state index in [9.17, 15) is 19.7 Å². The number of non-ortho nitro benzene ring substituents is 1. The summed E-state index contributed by atoms with van der Waals surface area (Å²) >= 11 is 1.91. The molecular weight excluding hydrogens is 332 g/mol. The van der Waals surface area contributed by atoms with Gasteiger partial charge in [-0.3, -0.25) is 14.9 Å². The van der Waals surface area contributed by atoms with Crippen molar-refractivity contribution in [3.8, 4) is 0 Å². The minimum atomic E-state index is -0.727. The number of rotatable bonds is 5. The average Bonchev–Trinajstić information content (AvgIpc) is 2.61. The van der Waals surface area contributed by atoms with Gasteiger partial charge in [-0.25, -0.2) is 4.79 Å². The number of ether oxygens (including phenoxy) is 1. The Morgan fingerprint density at radius 1 is 1.29 bits per heavy atom. The van der Waals surface area contributed by atoms with Crippen molar-refractivity contribution in [3.05, 3.63) is 51.1 Å². The first-order chi connectivity index (χ1) is 11.5. The number of nitro benzene ring substituents is 1. The number of nitro groups is 1. The van der Waals surface area contributed by atoms with Crippen molar-refractivity contribution >= 4 is 29.3 Å². The fraction of sp³-hybridized carbons (Fsp3) is 0.375. The van der Waals surface area contributed by atoms with Crippen molar-refractivity contribution in [2.24, 2.45) is 0 Å². The van der Waals surface area contributed by atoms with E-state index >= 15 is 0 Å². The van der Waals surface area contributed by atoms with Gasteiger partial charge in [-0.05, 0) is 30.4 Å². The molecule has 1 aliphatic heterocycles. The van der Waals surface area contributed by atoms with Gasteiger partial charge in [0.2, 0.25) is 0 Å². The Kier molecular flexibility index (Phi) is 6.36. The van der Waals surface area contributed by atoms with E-state index in [1.807, 2.05) is 17.8 Å². The molecule has 0 aliphatic carbocycles. The molecule has 0 spiro atoms. The lowest BCUT2D eigenvalue weighted by Crippen LogP contribution is -2.24. The maximum absolute atomic E-state index is 12.2. The summed E-state index contributed by atoms with van der Waals surface area (Å²) in [6, 6.07) is 3.52. The number of allylic oxidation sites excluding steroid dienone is 1. The number of hydrogen-bond donors (Lipinski definition) is 1. The van der Waals surface area contributed by atoms with Gasteiger partial charge in [0.25, 0.3) is 11.6 Å². The quantitative estimate of drug-likeness (QED) is 0.379. The summed E-state index contributed by atoms with van der Waals surface area (Å²) in [5.41, 5.74) is 1.01. The van der Waals surface area contributed by atoms with Crippen molar-refractivity contribution in [2.75, 3.05) is 25.2 Å². The predicted molar refractivity (Wildman–Crippen MR) is 91.4 cm³/mol. The van der Waals surface area contributed by atoms with Crippen LogP contribution in [0.2, 0.25) is 0 Å². The van der Waals surface area contributed by atoms with Crippen LogP contribution in [0.4, 0.5) is 5.69 Å². The van der Waals surface area contributed by atoms with E-state index in [0.29, 0.717) is 6.54 Å². The van der Waals surface area contributed by atoms with Crippen LogP contribution in [0, 0.1) is 10.1 Å². The van der Waals surface area contributed by atoms with Gasteiger partial charge in [-0.15, -0.1) is 0 Å². The second kappa shape index (κ2) is 8.49. The van der Waals surface area contributed by atoms with E-state index in [1.165, 1.54) is 18.7 Å². The number of amides is 1. The number of nitrogens with one attached hydrogen (secondary N) is 1. The van der Waals surface area contributed by atoms with Gasteiger partial charge in [0, 0.05) is 24.2 Å². The van der Waals surface area contributed by atoms with Crippen LogP contribution in [0.3, 0.4) is 0 Å². The lowest BCUT2D eigenvalue weighted by Gasteiger charge is -2.13. The lowest BCUT2D eigenvalue weighted by molar-refractivity contribution is -0.384. The Hall–Kier alpha value is -2.35. The molecule has 0 aromatic heterocycles. The van der Waals surface area contributed by atoms with Gasteiger partial charge >= 0.3 is 5.97 Å². The molecule has 8 heteroatoms. The monoisotopic (exact) mass is 350 g/mol. The summed E-state index contributed by atoms with van der Waals surface area (Å²) in [4.78, 5) is 34.1. The number of benzene rings is 1. The molecule has 1 N–H and O–H groups in total. The number of methoxy groups -OCH3 is 1. The van der Waals surface area contributed by atoms with Crippen LogP contribution in [-0.4, -0.2) is 42.0 Å². The fourth-order valence-electron chi connectivity index (χ4n) is 2.31. The maximum Gasteiger partial charge on any atom is 0.338 e. The Bertz CT molecular complexity index is 679. The van der Waals surface area contributed by atoms with Crippen LogP contribution in [0.5, 0.6) is 0 Å². The van der Waals surface area contributed by atoms with Crippen LogP contribution in [-0.2, 0) is 4.74 Å². The summed E-state index contributed by atoms with van der Waals surface area (Å²) in [7, 11) is 1.18. The highest BCUT2D eigenvalue weighted by Gasteiger charge is 2.18. The molecule has 1 heterocycles. The van der Waals surface area contributed by atoms with Crippen molar-refractivity contribution in [1.29, 1.82) is 0 Å². The highest BCUT2D eigenvalue weighted by molar-refractivity contribution is 7.99. The Labute approximate surface area is 143 Å². The van der Waals surface area contributed by atoms with E-state index in [-0.39, 0.29) is 16.8 Å². The zero-order chi connectivity index (χ0) is 17.5. The lowest BCUT2D eigenvalue weighted by atomic mass is 10.1. The van der Waals surface area contributed by atoms with Gasteiger partial charge in [0.1, 0.15) is 0 Å². The predicted octanol–water partition coefficient (Wildman–Crippen LogP) is 2.56. The van der Waals surface area contributed by atoms with Crippen LogP contribution < -0.4 is 5.32 Å². The Morgan fingerprint density at radius 2 is 1.96 bits per heavy atom. The van der Waals surface area contributed by atoms with E-state index in [0.717, 1.165) is 36.5 Å². The number of carbonyl (C=O) groups is 2. The third-order valence-corrected chi connectivity index (χ3v) is 4.59. The topological polar surface area (TPSA) is 98.5 Å². The summed E-state index contributed by atoms with van der Waals surface area (Å²) in [5.74, 6) is 0.987. The first-order valence-corrected chi connectivity index (χ1v) is 8.58. The normalized spacial score (nSPS) is 14.0. The summed E-state index contributed by atoms with van der Waals surface area (Å²) in [6.07, 6.45) is 4.02. The first kappa shape index (κ1) is 18.0. The SMILES string of the molecule is COC(=O)c1cc(C(=O)NCC=C2CCSCC2)cc([N+](=O)[O-])c1. The zero-order valence-electron chi connectivity index (χ0n) is 13.2. The average molecular weight is 350 g/mol. The molecule has 1 amide bonds. The summed E-state index contributed by atoms with van der Waals surface area (Å²) < 4.78 is 4.56. The number of nitrogens with zero attached hydrogens (tertiary/aromatic N) is 1. The minimum absolute atomic E-state index is 0.0282. The molecule has 1 aromatic carbocycles. The second-order valence-corrected chi connectivity index (χ2v) is 6.43. The summed E-state index contributed by atoms with van der Waals surface area (Å²) in [5, 5.41) is 13.7. The molecule has 0 saturated carbocycles. The van der Waals surface area contributed by atoms with Crippen molar-refractivity contribution < 1.29 is 19.2 Å². The van der Waals surface area contributed by atoms with Crippen LogP contribution in [0.25, 0.3) is 0 Å². The number of thioether (sulfide) groups is 1. The maximum atomic E-state index is 12.2. The third kappa shape index (κ3) is 4.82. The van der Waals surface area contributed by atoms with Gasteiger partial charge < -0.3 is 10.1 Å². The Balaban J connectivity index is 2.11. The largest absolute Gasteiger partial charge is 0.465 e. The van der Waals surface area contributed by atoms with E-state index in [4.69, 9.17) is 0 Å². The first-order valence-electron chi connectivity index (χ1n) is 7.43. The van der Waals surface area contributed by atoms with Crippen LogP contribution >= 0.6 is 11.8 Å². The van der Waals surface area contributed by atoms with Crippen molar-refractivity contribution in [1.82, 2.24) is 5.32 Å².